The first-order valence-corrected chi connectivity index (χ1v) is 6.82. The van der Waals surface area contributed by atoms with E-state index in [-0.39, 0.29) is 5.69 Å². The Kier molecular flexibility index (Phi) is 6.40. The van der Waals surface area contributed by atoms with Crippen molar-refractivity contribution in [3.05, 3.63) is 32.3 Å². The minimum atomic E-state index is -0.486. The van der Waals surface area contributed by atoms with Crippen LogP contribution in [0, 0.1) is 17.0 Å². The van der Waals surface area contributed by atoms with E-state index in [2.05, 4.69) is 26.6 Å². The fraction of sp³-hybridized carbons (Fsp3) is 0.417. The Morgan fingerprint density at radius 2 is 2.20 bits per heavy atom. The number of carbonyl (C=O) groups excluding carboxylic acids is 1. The second kappa shape index (κ2) is 7.81. The van der Waals surface area contributed by atoms with E-state index in [0.717, 1.165) is 0 Å². The van der Waals surface area contributed by atoms with Gasteiger partial charge in [-0.3, -0.25) is 10.1 Å². The van der Waals surface area contributed by atoms with E-state index < -0.39 is 11.0 Å². The molecule has 0 saturated heterocycles. The van der Waals surface area contributed by atoms with E-state index in [1.807, 2.05) is 6.92 Å². The fourth-order valence-corrected chi connectivity index (χ4v) is 2.06. The van der Waals surface area contributed by atoms with Gasteiger partial charge in [0.25, 0.3) is 5.69 Å². The lowest BCUT2D eigenvalue weighted by Crippen LogP contribution is -2.31. The molecule has 0 aliphatic rings. The van der Waals surface area contributed by atoms with Crippen LogP contribution < -0.4 is 10.6 Å². The van der Waals surface area contributed by atoms with Gasteiger partial charge in [0.1, 0.15) is 0 Å². The Bertz CT molecular complexity index is 508. The van der Waals surface area contributed by atoms with Crippen molar-refractivity contribution in [2.45, 2.75) is 13.8 Å². The minimum Gasteiger partial charge on any atom is -0.380 e. The number of ether oxygens (including phenoxy) is 1. The zero-order chi connectivity index (χ0) is 15.1. The van der Waals surface area contributed by atoms with Crippen LogP contribution in [0.4, 0.5) is 16.2 Å². The van der Waals surface area contributed by atoms with Gasteiger partial charge in [-0.2, -0.15) is 0 Å². The standard InChI is InChI=1S/C12H16BrN3O4/c1-3-20-5-4-14-12(17)15-10-7-11(16(18)19)8(2)6-9(10)13/h6-7H,3-5H2,1-2H3,(H2,14,15,17). The predicted octanol–water partition coefficient (Wildman–Crippen LogP) is 2.82. The van der Waals surface area contributed by atoms with Crippen LogP contribution in [0.15, 0.2) is 16.6 Å². The molecule has 0 spiro atoms. The van der Waals surface area contributed by atoms with Gasteiger partial charge < -0.3 is 15.4 Å². The molecular formula is C12H16BrN3O4. The van der Waals surface area contributed by atoms with E-state index in [4.69, 9.17) is 4.74 Å². The number of urea groups is 1. The van der Waals surface area contributed by atoms with Crippen LogP contribution in [0.3, 0.4) is 0 Å². The molecule has 0 atom stereocenters. The second-order valence-electron chi connectivity index (χ2n) is 3.95. The van der Waals surface area contributed by atoms with Crippen molar-refractivity contribution >= 4 is 33.3 Å². The van der Waals surface area contributed by atoms with Gasteiger partial charge in [0.2, 0.25) is 0 Å². The number of carbonyl (C=O) groups is 1. The Morgan fingerprint density at radius 3 is 2.80 bits per heavy atom. The van der Waals surface area contributed by atoms with Crippen LogP contribution >= 0.6 is 15.9 Å². The van der Waals surface area contributed by atoms with Gasteiger partial charge in [-0.15, -0.1) is 0 Å². The molecule has 20 heavy (non-hydrogen) atoms. The summed E-state index contributed by atoms with van der Waals surface area (Å²) in [7, 11) is 0. The maximum atomic E-state index is 11.6. The summed E-state index contributed by atoms with van der Waals surface area (Å²) in [5, 5.41) is 16.0. The predicted molar refractivity (Wildman–Crippen MR) is 79.0 cm³/mol. The first-order valence-electron chi connectivity index (χ1n) is 6.02. The number of anilines is 1. The zero-order valence-electron chi connectivity index (χ0n) is 11.2. The third kappa shape index (κ3) is 4.78. The number of amides is 2. The largest absolute Gasteiger partial charge is 0.380 e. The van der Waals surface area contributed by atoms with Crippen LogP contribution in [-0.2, 0) is 4.74 Å². The van der Waals surface area contributed by atoms with Crippen molar-refractivity contribution < 1.29 is 14.5 Å². The zero-order valence-corrected chi connectivity index (χ0v) is 12.8. The Hall–Kier alpha value is -1.67. The number of benzene rings is 1. The third-order valence-electron chi connectivity index (χ3n) is 2.47. The molecule has 0 heterocycles. The van der Waals surface area contributed by atoms with Gasteiger partial charge in [-0.25, -0.2) is 4.79 Å². The molecule has 110 valence electrons. The lowest BCUT2D eigenvalue weighted by molar-refractivity contribution is -0.385. The highest BCUT2D eigenvalue weighted by Crippen LogP contribution is 2.30. The summed E-state index contributed by atoms with van der Waals surface area (Å²) in [5.41, 5.74) is 0.818. The van der Waals surface area contributed by atoms with Crippen molar-refractivity contribution in [2.24, 2.45) is 0 Å². The number of nitro benzene ring substituents is 1. The van der Waals surface area contributed by atoms with E-state index in [9.17, 15) is 14.9 Å². The molecule has 0 bridgehead atoms. The van der Waals surface area contributed by atoms with E-state index in [1.54, 1.807) is 13.0 Å². The Labute approximate surface area is 125 Å². The molecule has 8 heteroatoms. The van der Waals surface area contributed by atoms with Crippen LogP contribution in [-0.4, -0.2) is 30.7 Å². The van der Waals surface area contributed by atoms with Crippen molar-refractivity contribution in [1.29, 1.82) is 0 Å². The number of aryl methyl sites for hydroxylation is 1. The number of hydrogen-bond donors (Lipinski definition) is 2. The lowest BCUT2D eigenvalue weighted by Gasteiger charge is -2.10. The van der Waals surface area contributed by atoms with Crippen LogP contribution in [0.25, 0.3) is 0 Å². The minimum absolute atomic E-state index is 0.0437. The van der Waals surface area contributed by atoms with Gasteiger partial charge in [-0.05, 0) is 35.8 Å². The molecule has 2 N–H and O–H groups in total. The lowest BCUT2D eigenvalue weighted by atomic mass is 10.2. The number of nitrogens with one attached hydrogen (secondary N) is 2. The number of rotatable bonds is 6. The third-order valence-corrected chi connectivity index (χ3v) is 3.12. The fourth-order valence-electron chi connectivity index (χ4n) is 1.50. The van der Waals surface area contributed by atoms with Crippen molar-refractivity contribution in [2.75, 3.05) is 25.1 Å². The van der Waals surface area contributed by atoms with Gasteiger partial charge in [0, 0.05) is 29.3 Å². The van der Waals surface area contributed by atoms with Crippen LogP contribution in [0.1, 0.15) is 12.5 Å². The highest BCUT2D eigenvalue weighted by molar-refractivity contribution is 9.10. The van der Waals surface area contributed by atoms with Crippen molar-refractivity contribution in [3.8, 4) is 0 Å². The first-order chi connectivity index (χ1) is 9.45. The number of nitrogens with zero attached hydrogens (tertiary/aromatic N) is 1. The van der Waals surface area contributed by atoms with E-state index >= 15 is 0 Å². The molecule has 0 aliphatic carbocycles. The molecule has 0 fully saturated rings. The van der Waals surface area contributed by atoms with Crippen LogP contribution in [0.2, 0.25) is 0 Å². The molecule has 0 radical (unpaired) electrons. The molecule has 1 rings (SSSR count). The highest BCUT2D eigenvalue weighted by Gasteiger charge is 2.15. The van der Waals surface area contributed by atoms with Crippen LogP contribution in [0.5, 0.6) is 0 Å². The summed E-state index contributed by atoms with van der Waals surface area (Å²) < 4.78 is 5.67. The molecule has 1 aromatic rings. The maximum Gasteiger partial charge on any atom is 0.319 e. The maximum absolute atomic E-state index is 11.6. The second-order valence-corrected chi connectivity index (χ2v) is 4.81. The average molecular weight is 346 g/mol. The normalized spacial score (nSPS) is 10.2. The number of nitro groups is 1. The summed E-state index contributed by atoms with van der Waals surface area (Å²) in [6.07, 6.45) is 0. The van der Waals surface area contributed by atoms with Crippen molar-refractivity contribution in [1.82, 2.24) is 5.32 Å². The summed E-state index contributed by atoms with van der Waals surface area (Å²) in [6.45, 7) is 4.86. The van der Waals surface area contributed by atoms with Crippen molar-refractivity contribution in [3.63, 3.8) is 0 Å². The molecular weight excluding hydrogens is 330 g/mol. The molecule has 2 amide bonds. The molecule has 7 nitrogen and oxygen atoms in total. The van der Waals surface area contributed by atoms with Gasteiger partial charge in [0.15, 0.2) is 0 Å². The Morgan fingerprint density at radius 1 is 1.50 bits per heavy atom. The average Bonchev–Trinajstić information content (AvgIpc) is 2.37. The Balaban J connectivity index is 2.69. The van der Waals surface area contributed by atoms with Gasteiger partial charge in [-0.1, -0.05) is 0 Å². The molecule has 0 unspecified atom stereocenters. The monoisotopic (exact) mass is 345 g/mol. The number of hydrogen-bond acceptors (Lipinski definition) is 4. The summed E-state index contributed by atoms with van der Waals surface area (Å²) in [4.78, 5) is 22.0. The first kappa shape index (κ1) is 16.4. The summed E-state index contributed by atoms with van der Waals surface area (Å²) in [5.74, 6) is 0. The summed E-state index contributed by atoms with van der Waals surface area (Å²) in [6, 6.07) is 2.47. The molecule has 0 saturated carbocycles. The SMILES string of the molecule is CCOCCNC(=O)Nc1cc([N+](=O)[O-])c(C)cc1Br. The van der Waals surface area contributed by atoms with Gasteiger partial charge in [0.05, 0.1) is 17.2 Å². The number of halogens is 1. The summed E-state index contributed by atoms with van der Waals surface area (Å²) >= 11 is 3.26. The molecule has 0 aromatic heterocycles. The quantitative estimate of drug-likeness (QED) is 0.471. The topological polar surface area (TPSA) is 93.5 Å². The highest BCUT2D eigenvalue weighted by atomic mass is 79.9. The smallest absolute Gasteiger partial charge is 0.319 e. The van der Waals surface area contributed by atoms with E-state index in [1.165, 1.54) is 6.07 Å². The van der Waals surface area contributed by atoms with E-state index in [0.29, 0.717) is 35.5 Å². The molecule has 0 aliphatic heterocycles. The molecule has 1 aromatic carbocycles. The van der Waals surface area contributed by atoms with Gasteiger partial charge >= 0.3 is 6.03 Å².